The lowest BCUT2D eigenvalue weighted by molar-refractivity contribution is 0.674. The van der Waals surface area contributed by atoms with Crippen molar-refractivity contribution >= 4 is 11.3 Å². The summed E-state index contributed by atoms with van der Waals surface area (Å²) in [4.78, 5) is 10.4. The highest BCUT2D eigenvalue weighted by Gasteiger charge is 2.10. The predicted molar refractivity (Wildman–Crippen MR) is 85.1 cm³/mol. The molecule has 108 valence electrons. The van der Waals surface area contributed by atoms with E-state index in [9.17, 15) is 0 Å². The van der Waals surface area contributed by atoms with E-state index in [2.05, 4.69) is 30.2 Å². The fourth-order valence-corrected chi connectivity index (χ4v) is 3.26. The van der Waals surface area contributed by atoms with Crippen molar-refractivity contribution in [2.45, 2.75) is 46.1 Å². The van der Waals surface area contributed by atoms with Crippen molar-refractivity contribution in [3.63, 3.8) is 0 Å². The molecule has 2 heterocycles. The molecule has 2 rings (SSSR count). The Balaban J connectivity index is 2.07. The summed E-state index contributed by atoms with van der Waals surface area (Å²) in [6.45, 7) is 6.43. The van der Waals surface area contributed by atoms with Crippen LogP contribution in [0, 0.1) is 0 Å². The van der Waals surface area contributed by atoms with E-state index in [0.717, 1.165) is 32.4 Å². The quantitative estimate of drug-likeness (QED) is 0.755. The summed E-state index contributed by atoms with van der Waals surface area (Å²) in [5.41, 5.74) is 2.51. The molecule has 3 nitrogen and oxygen atoms in total. The first-order chi connectivity index (χ1) is 9.83. The summed E-state index contributed by atoms with van der Waals surface area (Å²) in [7, 11) is 0. The molecule has 0 saturated heterocycles. The molecule has 0 radical (unpaired) electrons. The van der Waals surface area contributed by atoms with Gasteiger partial charge in [-0.25, -0.2) is 4.98 Å². The van der Waals surface area contributed by atoms with E-state index >= 15 is 0 Å². The van der Waals surface area contributed by atoms with Crippen LogP contribution in [-0.2, 0) is 19.4 Å². The molecule has 0 unspecified atom stereocenters. The fraction of sp³-hybridized carbons (Fsp3) is 0.500. The predicted octanol–water partition coefficient (Wildman–Crippen LogP) is 3.58. The van der Waals surface area contributed by atoms with Crippen molar-refractivity contribution < 1.29 is 0 Å². The third-order valence-electron chi connectivity index (χ3n) is 3.10. The lowest BCUT2D eigenvalue weighted by Crippen LogP contribution is -2.13. The largest absolute Gasteiger partial charge is 0.312 e. The molecule has 1 N–H and O–H groups in total. The average Bonchev–Trinajstić information content (AvgIpc) is 2.83. The van der Waals surface area contributed by atoms with Crippen molar-refractivity contribution in [3.8, 4) is 0 Å². The number of nitrogens with one attached hydrogen (secondary N) is 1. The van der Waals surface area contributed by atoms with Crippen LogP contribution in [0.3, 0.4) is 0 Å². The smallest absolute Gasteiger partial charge is 0.0976 e. The summed E-state index contributed by atoms with van der Waals surface area (Å²) in [5, 5.41) is 4.69. The lowest BCUT2D eigenvalue weighted by atomic mass is 10.2. The summed E-state index contributed by atoms with van der Waals surface area (Å²) < 4.78 is 0. The normalized spacial score (nSPS) is 10.9. The highest BCUT2D eigenvalue weighted by Crippen LogP contribution is 2.22. The molecule has 20 heavy (non-hydrogen) atoms. The summed E-state index contributed by atoms with van der Waals surface area (Å²) >= 11 is 1.84. The standard InChI is InChI=1S/C16H23N3S/c1-3-6-14-15(12-17-8-4-2)20-16(19-14)10-13-7-5-9-18-11-13/h5,7,9,11,17H,3-4,6,8,10,12H2,1-2H3. The van der Waals surface area contributed by atoms with Crippen molar-refractivity contribution in [1.82, 2.24) is 15.3 Å². The zero-order chi connectivity index (χ0) is 14.2. The van der Waals surface area contributed by atoms with E-state index in [0.29, 0.717) is 0 Å². The molecule has 4 heteroatoms. The molecule has 0 aliphatic heterocycles. The van der Waals surface area contributed by atoms with Crippen LogP contribution in [0.2, 0.25) is 0 Å². The maximum atomic E-state index is 4.82. The number of hydrogen-bond donors (Lipinski definition) is 1. The zero-order valence-corrected chi connectivity index (χ0v) is 13.2. The fourth-order valence-electron chi connectivity index (χ4n) is 2.14. The Morgan fingerprint density at radius 3 is 2.85 bits per heavy atom. The molecule has 0 atom stereocenters. The second-order valence-corrected chi connectivity index (χ2v) is 6.11. The minimum absolute atomic E-state index is 0.892. The van der Waals surface area contributed by atoms with Crippen LogP contribution in [0.4, 0.5) is 0 Å². The van der Waals surface area contributed by atoms with Gasteiger partial charge in [0, 0.05) is 30.2 Å². The van der Waals surface area contributed by atoms with E-state index in [1.807, 2.05) is 29.8 Å². The highest BCUT2D eigenvalue weighted by molar-refractivity contribution is 7.11. The van der Waals surface area contributed by atoms with Gasteiger partial charge in [-0.1, -0.05) is 26.3 Å². The van der Waals surface area contributed by atoms with Gasteiger partial charge in [-0.2, -0.15) is 0 Å². The first-order valence-electron chi connectivity index (χ1n) is 7.40. The molecule has 2 aromatic rings. The Labute approximate surface area is 125 Å². The Hall–Kier alpha value is -1.26. The van der Waals surface area contributed by atoms with Crippen molar-refractivity contribution in [2.75, 3.05) is 6.54 Å². The van der Waals surface area contributed by atoms with E-state index in [-0.39, 0.29) is 0 Å². The lowest BCUT2D eigenvalue weighted by Gasteiger charge is -2.02. The minimum Gasteiger partial charge on any atom is -0.312 e. The van der Waals surface area contributed by atoms with Crippen LogP contribution in [0.15, 0.2) is 24.5 Å². The van der Waals surface area contributed by atoms with Crippen molar-refractivity contribution in [3.05, 3.63) is 45.7 Å². The van der Waals surface area contributed by atoms with E-state index in [1.54, 1.807) is 0 Å². The van der Waals surface area contributed by atoms with Crippen LogP contribution in [0.1, 0.15) is 47.8 Å². The third-order valence-corrected chi connectivity index (χ3v) is 4.20. The number of pyridine rings is 1. The van der Waals surface area contributed by atoms with Crippen molar-refractivity contribution in [1.29, 1.82) is 0 Å². The second-order valence-electron chi connectivity index (χ2n) is 4.94. The van der Waals surface area contributed by atoms with Gasteiger partial charge < -0.3 is 5.32 Å². The van der Waals surface area contributed by atoms with Gasteiger partial charge in [0.25, 0.3) is 0 Å². The van der Waals surface area contributed by atoms with E-state index in [1.165, 1.54) is 27.6 Å². The molecule has 0 aromatic carbocycles. The SMILES string of the molecule is CCCNCc1sc(Cc2cccnc2)nc1CCC. The summed E-state index contributed by atoms with van der Waals surface area (Å²) in [6.07, 6.45) is 8.03. The van der Waals surface area contributed by atoms with E-state index < -0.39 is 0 Å². The molecule has 0 amide bonds. The first kappa shape index (κ1) is 15.1. The summed E-state index contributed by atoms with van der Waals surface area (Å²) in [6, 6.07) is 4.10. The van der Waals surface area contributed by atoms with Gasteiger partial charge in [-0.3, -0.25) is 4.98 Å². The molecular formula is C16H23N3S. The molecule has 0 aliphatic carbocycles. The Morgan fingerprint density at radius 1 is 1.25 bits per heavy atom. The molecule has 0 fully saturated rings. The molecule has 0 bridgehead atoms. The molecule has 2 aromatic heterocycles. The number of rotatable bonds is 8. The maximum Gasteiger partial charge on any atom is 0.0976 e. The number of thiazole rings is 1. The highest BCUT2D eigenvalue weighted by atomic mass is 32.1. The minimum atomic E-state index is 0.892. The molecule has 0 spiro atoms. The van der Waals surface area contributed by atoms with Gasteiger partial charge in [0.2, 0.25) is 0 Å². The van der Waals surface area contributed by atoms with Crippen molar-refractivity contribution in [2.24, 2.45) is 0 Å². The number of nitrogens with zero attached hydrogens (tertiary/aromatic N) is 2. The van der Waals surface area contributed by atoms with Crippen LogP contribution in [0.5, 0.6) is 0 Å². The first-order valence-corrected chi connectivity index (χ1v) is 8.22. The van der Waals surface area contributed by atoms with Gasteiger partial charge in [0.05, 0.1) is 10.7 Å². The molecular weight excluding hydrogens is 266 g/mol. The van der Waals surface area contributed by atoms with Gasteiger partial charge in [0.1, 0.15) is 0 Å². The molecule has 0 aliphatic rings. The Morgan fingerprint density at radius 2 is 2.15 bits per heavy atom. The summed E-state index contributed by atoms with van der Waals surface area (Å²) in [5.74, 6) is 0. The van der Waals surface area contributed by atoms with Crippen LogP contribution < -0.4 is 5.32 Å². The van der Waals surface area contributed by atoms with Crippen LogP contribution in [0.25, 0.3) is 0 Å². The topological polar surface area (TPSA) is 37.8 Å². The maximum absolute atomic E-state index is 4.82. The zero-order valence-electron chi connectivity index (χ0n) is 12.4. The number of aryl methyl sites for hydroxylation is 1. The van der Waals surface area contributed by atoms with Gasteiger partial charge in [0.15, 0.2) is 0 Å². The Bertz CT molecular complexity index is 508. The number of aromatic nitrogens is 2. The Kier molecular flexibility index (Phi) is 6.15. The van der Waals surface area contributed by atoms with Crippen LogP contribution in [-0.4, -0.2) is 16.5 Å². The van der Waals surface area contributed by atoms with Crippen LogP contribution >= 0.6 is 11.3 Å². The van der Waals surface area contributed by atoms with Gasteiger partial charge >= 0.3 is 0 Å². The average molecular weight is 289 g/mol. The van der Waals surface area contributed by atoms with Gasteiger partial charge in [-0.15, -0.1) is 11.3 Å². The third kappa shape index (κ3) is 4.39. The van der Waals surface area contributed by atoms with Gasteiger partial charge in [-0.05, 0) is 31.0 Å². The number of hydrogen-bond acceptors (Lipinski definition) is 4. The second kappa shape index (κ2) is 8.12. The monoisotopic (exact) mass is 289 g/mol. The molecule has 0 saturated carbocycles. The van der Waals surface area contributed by atoms with E-state index in [4.69, 9.17) is 4.98 Å².